The highest BCUT2D eigenvalue weighted by molar-refractivity contribution is 7.89. The van der Waals surface area contributed by atoms with Crippen molar-refractivity contribution in [1.29, 1.82) is 0 Å². The minimum Gasteiger partial charge on any atom is -0.261 e. The third-order valence-corrected chi connectivity index (χ3v) is 7.63. The quantitative estimate of drug-likeness (QED) is 0.384. The third kappa shape index (κ3) is 4.60. The first-order chi connectivity index (χ1) is 13.3. The normalized spacial score (nSPS) is 16.2. The first kappa shape index (κ1) is 21.3. The number of aromatic nitrogens is 1. The Labute approximate surface area is 179 Å². The molecule has 1 aliphatic rings. The Morgan fingerprint density at radius 3 is 2.43 bits per heavy atom. The molecule has 1 saturated heterocycles. The molecule has 3 rings (SSSR count). The molecular weight excluding hydrogens is 443 g/mol. The first-order valence-electron chi connectivity index (χ1n) is 8.71. The van der Waals surface area contributed by atoms with E-state index >= 15 is 0 Å². The van der Waals surface area contributed by atoms with Crippen LogP contribution in [0.5, 0.6) is 0 Å². The number of sulfonamides is 1. The maximum Gasteiger partial charge on any atom is 0.244 e. The van der Waals surface area contributed by atoms with Gasteiger partial charge in [-0.2, -0.15) is 9.41 Å². The van der Waals surface area contributed by atoms with E-state index < -0.39 is 10.0 Å². The molecule has 28 heavy (non-hydrogen) atoms. The minimum atomic E-state index is -3.50. The lowest BCUT2D eigenvalue weighted by Gasteiger charge is -2.25. The van der Waals surface area contributed by atoms with Crippen LogP contribution in [-0.4, -0.2) is 36.5 Å². The number of hydrazone groups is 1. The molecule has 10 heteroatoms. The molecule has 0 unspecified atom stereocenters. The Morgan fingerprint density at radius 1 is 1.07 bits per heavy atom. The molecule has 0 amide bonds. The zero-order valence-electron chi connectivity index (χ0n) is 15.1. The Hall–Kier alpha value is -1.38. The van der Waals surface area contributed by atoms with Gasteiger partial charge >= 0.3 is 0 Å². The Kier molecular flexibility index (Phi) is 6.83. The largest absolute Gasteiger partial charge is 0.261 e. The number of halogens is 3. The van der Waals surface area contributed by atoms with Gasteiger partial charge < -0.3 is 0 Å². The highest BCUT2D eigenvalue weighted by atomic mass is 35.5. The van der Waals surface area contributed by atoms with E-state index in [-0.39, 0.29) is 9.92 Å². The molecule has 150 valence electrons. The molecule has 1 aromatic carbocycles. The van der Waals surface area contributed by atoms with Crippen LogP contribution in [0.1, 0.15) is 31.7 Å². The van der Waals surface area contributed by atoms with Crippen LogP contribution in [0.2, 0.25) is 15.1 Å². The van der Waals surface area contributed by atoms with Gasteiger partial charge in [0, 0.05) is 24.8 Å². The fourth-order valence-electron chi connectivity index (χ4n) is 2.86. The van der Waals surface area contributed by atoms with Crippen molar-refractivity contribution in [1.82, 2.24) is 9.29 Å². The van der Waals surface area contributed by atoms with E-state index in [9.17, 15) is 8.42 Å². The fourth-order valence-corrected chi connectivity index (χ4v) is 5.00. The lowest BCUT2D eigenvalue weighted by atomic mass is 10.1. The molecule has 1 fully saturated rings. The molecule has 0 bridgehead atoms. The summed E-state index contributed by atoms with van der Waals surface area (Å²) in [6, 6.07) is 6.46. The number of hydrogen-bond acceptors (Lipinski definition) is 5. The lowest BCUT2D eigenvalue weighted by Crippen LogP contribution is -2.35. The SMILES string of the molecule is C/C(=N\Nc1ccc(S(=O)(=O)N2CCCCC2)cn1)c1ccc(Cl)c(Cl)c1Cl. The Morgan fingerprint density at radius 2 is 1.79 bits per heavy atom. The summed E-state index contributed by atoms with van der Waals surface area (Å²) < 4.78 is 26.8. The van der Waals surface area contributed by atoms with E-state index in [1.54, 1.807) is 25.1 Å². The third-order valence-electron chi connectivity index (χ3n) is 4.45. The highest BCUT2D eigenvalue weighted by Gasteiger charge is 2.26. The van der Waals surface area contributed by atoms with E-state index in [1.807, 2.05) is 0 Å². The number of hydrogen-bond donors (Lipinski definition) is 1. The second-order valence-corrected chi connectivity index (χ2v) is 9.48. The second-order valence-electron chi connectivity index (χ2n) is 6.38. The van der Waals surface area contributed by atoms with Crippen molar-refractivity contribution in [2.45, 2.75) is 31.1 Å². The van der Waals surface area contributed by atoms with Crippen LogP contribution >= 0.6 is 34.8 Å². The molecule has 1 aliphatic heterocycles. The predicted octanol–water partition coefficient (Wildman–Crippen LogP) is 5.05. The summed E-state index contributed by atoms with van der Waals surface area (Å²) in [5.74, 6) is 0.410. The number of nitrogens with one attached hydrogen (secondary N) is 1. The standard InChI is InChI=1S/C18H19Cl3N4O2S/c1-12(14-6-7-15(19)18(21)17(14)20)23-24-16-8-5-13(11-22-16)28(26,27)25-9-3-2-4-10-25/h5-8,11H,2-4,9-10H2,1H3,(H,22,24)/b23-12+. The zero-order chi connectivity index (χ0) is 20.3. The molecule has 0 spiro atoms. The van der Waals surface area contributed by atoms with Gasteiger partial charge in [-0.05, 0) is 38.0 Å². The topological polar surface area (TPSA) is 74.7 Å². The van der Waals surface area contributed by atoms with E-state index in [2.05, 4.69) is 15.5 Å². The van der Waals surface area contributed by atoms with Crippen molar-refractivity contribution in [3.05, 3.63) is 51.1 Å². The molecular formula is C18H19Cl3N4O2S. The Balaban J connectivity index is 1.74. The van der Waals surface area contributed by atoms with Gasteiger partial charge in [-0.25, -0.2) is 13.4 Å². The summed E-state index contributed by atoms with van der Waals surface area (Å²) in [7, 11) is -3.50. The van der Waals surface area contributed by atoms with Crippen LogP contribution in [0.15, 0.2) is 40.5 Å². The zero-order valence-corrected chi connectivity index (χ0v) is 18.2. The molecule has 0 saturated carbocycles. The van der Waals surface area contributed by atoms with Crippen LogP contribution in [0.3, 0.4) is 0 Å². The van der Waals surface area contributed by atoms with Crippen molar-refractivity contribution in [3.8, 4) is 0 Å². The van der Waals surface area contributed by atoms with Crippen molar-refractivity contribution in [2.24, 2.45) is 5.10 Å². The van der Waals surface area contributed by atoms with Gasteiger partial charge in [-0.1, -0.05) is 47.3 Å². The van der Waals surface area contributed by atoms with Crippen molar-refractivity contribution in [2.75, 3.05) is 18.5 Å². The van der Waals surface area contributed by atoms with Gasteiger partial charge in [0.1, 0.15) is 10.7 Å². The molecule has 0 aliphatic carbocycles. The fraction of sp³-hybridized carbons (Fsp3) is 0.333. The van der Waals surface area contributed by atoms with Crippen LogP contribution in [-0.2, 0) is 10.0 Å². The second kappa shape index (κ2) is 8.97. The molecule has 1 aromatic heterocycles. The molecule has 0 atom stereocenters. The lowest BCUT2D eigenvalue weighted by molar-refractivity contribution is 0.346. The number of benzene rings is 1. The number of anilines is 1. The van der Waals surface area contributed by atoms with Gasteiger partial charge in [0.25, 0.3) is 0 Å². The van der Waals surface area contributed by atoms with Gasteiger partial charge in [0.15, 0.2) is 0 Å². The van der Waals surface area contributed by atoms with Crippen LogP contribution in [0.25, 0.3) is 0 Å². The average molecular weight is 462 g/mol. The summed E-state index contributed by atoms with van der Waals surface area (Å²) in [4.78, 5) is 4.33. The molecule has 2 aromatic rings. The summed E-state index contributed by atoms with van der Waals surface area (Å²) in [6.45, 7) is 2.86. The summed E-state index contributed by atoms with van der Waals surface area (Å²) in [6.07, 6.45) is 4.17. The van der Waals surface area contributed by atoms with Crippen molar-refractivity contribution < 1.29 is 8.42 Å². The highest BCUT2D eigenvalue weighted by Crippen LogP contribution is 2.33. The van der Waals surface area contributed by atoms with Crippen molar-refractivity contribution in [3.63, 3.8) is 0 Å². The molecule has 6 nitrogen and oxygen atoms in total. The number of piperidine rings is 1. The minimum absolute atomic E-state index is 0.174. The van der Waals surface area contributed by atoms with E-state index in [0.717, 1.165) is 19.3 Å². The van der Waals surface area contributed by atoms with Crippen molar-refractivity contribution >= 4 is 56.4 Å². The maximum atomic E-state index is 12.6. The number of nitrogens with zero attached hydrogens (tertiary/aromatic N) is 3. The smallest absolute Gasteiger partial charge is 0.244 e. The van der Waals surface area contributed by atoms with Gasteiger partial charge in [-0.3, -0.25) is 5.43 Å². The van der Waals surface area contributed by atoms with E-state index in [1.165, 1.54) is 16.6 Å². The molecule has 0 radical (unpaired) electrons. The van der Waals surface area contributed by atoms with E-state index in [0.29, 0.717) is 40.2 Å². The van der Waals surface area contributed by atoms with Crippen LogP contribution in [0.4, 0.5) is 5.82 Å². The predicted molar refractivity (Wildman–Crippen MR) is 114 cm³/mol. The molecule has 2 heterocycles. The van der Waals surface area contributed by atoms with Crippen LogP contribution in [0, 0.1) is 0 Å². The monoisotopic (exact) mass is 460 g/mol. The maximum absolute atomic E-state index is 12.6. The summed E-state index contributed by atoms with van der Waals surface area (Å²) >= 11 is 18.2. The first-order valence-corrected chi connectivity index (χ1v) is 11.3. The number of pyridine rings is 1. The van der Waals surface area contributed by atoms with Crippen LogP contribution < -0.4 is 5.43 Å². The Bertz CT molecular complexity index is 989. The summed E-state index contributed by atoms with van der Waals surface area (Å²) in [5.41, 5.74) is 4.01. The average Bonchev–Trinajstić information content (AvgIpc) is 2.71. The van der Waals surface area contributed by atoms with Gasteiger partial charge in [-0.15, -0.1) is 0 Å². The number of rotatable bonds is 5. The van der Waals surface area contributed by atoms with Gasteiger partial charge in [0.05, 0.1) is 20.8 Å². The van der Waals surface area contributed by atoms with E-state index in [4.69, 9.17) is 34.8 Å². The molecule has 1 N–H and O–H groups in total. The van der Waals surface area contributed by atoms with Gasteiger partial charge in [0.2, 0.25) is 10.0 Å². The summed E-state index contributed by atoms with van der Waals surface area (Å²) in [5, 5.41) is 5.18.